The van der Waals surface area contributed by atoms with Crippen molar-refractivity contribution in [1.29, 1.82) is 0 Å². The second-order valence-electron chi connectivity index (χ2n) is 5.22. The number of pyridine rings is 1. The molecule has 0 fully saturated rings. The summed E-state index contributed by atoms with van der Waals surface area (Å²) < 4.78 is 0. The fraction of sp³-hybridized carbons (Fsp3) is 0.176. The van der Waals surface area contributed by atoms with E-state index >= 15 is 0 Å². The van der Waals surface area contributed by atoms with Gasteiger partial charge >= 0.3 is 5.97 Å². The summed E-state index contributed by atoms with van der Waals surface area (Å²) in [4.78, 5) is 16.2. The molecule has 2 N–H and O–H groups in total. The number of carboxylic acids is 1. The maximum atomic E-state index is 11.9. The molecule has 0 spiro atoms. The SMILES string of the molecule is CC1=CCC(c2nccc(-c3ccsc3)c2C(=O)O)=C(C)N1. The number of aromatic nitrogens is 1. The van der Waals surface area contributed by atoms with Crippen LogP contribution in [-0.2, 0) is 0 Å². The lowest BCUT2D eigenvalue weighted by atomic mass is 9.94. The van der Waals surface area contributed by atoms with Gasteiger partial charge in [-0.3, -0.25) is 4.98 Å². The minimum Gasteiger partial charge on any atom is -0.478 e. The van der Waals surface area contributed by atoms with Crippen LogP contribution in [0.1, 0.15) is 36.3 Å². The fourth-order valence-corrected chi connectivity index (χ4v) is 3.33. The van der Waals surface area contributed by atoms with Crippen LogP contribution >= 0.6 is 11.3 Å². The largest absolute Gasteiger partial charge is 0.478 e. The van der Waals surface area contributed by atoms with Gasteiger partial charge in [0, 0.05) is 28.7 Å². The maximum Gasteiger partial charge on any atom is 0.338 e. The number of nitrogens with zero attached hydrogens (tertiary/aromatic N) is 1. The van der Waals surface area contributed by atoms with Crippen LogP contribution in [0, 0.1) is 0 Å². The molecule has 0 radical (unpaired) electrons. The number of aromatic carboxylic acids is 1. The molecule has 3 rings (SSSR count). The molecule has 0 atom stereocenters. The van der Waals surface area contributed by atoms with E-state index in [1.807, 2.05) is 36.7 Å². The zero-order valence-corrected chi connectivity index (χ0v) is 13.2. The van der Waals surface area contributed by atoms with Gasteiger partial charge in [-0.2, -0.15) is 11.3 Å². The van der Waals surface area contributed by atoms with E-state index in [9.17, 15) is 9.90 Å². The third kappa shape index (κ3) is 2.55. The van der Waals surface area contributed by atoms with E-state index in [1.165, 1.54) is 0 Å². The highest BCUT2D eigenvalue weighted by Gasteiger charge is 2.22. The lowest BCUT2D eigenvalue weighted by Gasteiger charge is -2.20. The Morgan fingerprint density at radius 2 is 2.18 bits per heavy atom. The Balaban J connectivity index is 2.19. The lowest BCUT2D eigenvalue weighted by molar-refractivity contribution is 0.0697. The number of hydrogen-bond donors (Lipinski definition) is 2. The molecule has 1 aliphatic rings. The Morgan fingerprint density at radius 1 is 1.36 bits per heavy atom. The number of thiophene rings is 1. The summed E-state index contributed by atoms with van der Waals surface area (Å²) in [5, 5.41) is 16.9. The van der Waals surface area contributed by atoms with E-state index in [-0.39, 0.29) is 5.56 Å². The fourth-order valence-electron chi connectivity index (χ4n) is 2.67. The summed E-state index contributed by atoms with van der Waals surface area (Å²) in [6, 6.07) is 3.70. The first-order valence-electron chi connectivity index (χ1n) is 6.96. The Kier molecular flexibility index (Phi) is 3.81. The molecule has 3 heterocycles. The molecule has 22 heavy (non-hydrogen) atoms. The summed E-state index contributed by atoms with van der Waals surface area (Å²) in [5.74, 6) is -0.948. The van der Waals surface area contributed by atoms with Crippen molar-refractivity contribution in [2.45, 2.75) is 20.3 Å². The van der Waals surface area contributed by atoms with Crippen LogP contribution in [0.15, 0.2) is 46.6 Å². The van der Waals surface area contributed by atoms with Gasteiger partial charge in [0.25, 0.3) is 0 Å². The Hall–Kier alpha value is -2.40. The van der Waals surface area contributed by atoms with E-state index in [0.29, 0.717) is 17.7 Å². The molecule has 2 aromatic rings. The normalized spacial score (nSPS) is 14.5. The van der Waals surface area contributed by atoms with Crippen molar-refractivity contribution < 1.29 is 9.90 Å². The van der Waals surface area contributed by atoms with E-state index in [1.54, 1.807) is 23.6 Å². The Bertz CT molecular complexity index is 789. The molecule has 4 nitrogen and oxygen atoms in total. The molecular formula is C17H16N2O2S. The van der Waals surface area contributed by atoms with Gasteiger partial charge in [0.2, 0.25) is 0 Å². The van der Waals surface area contributed by atoms with Crippen LogP contribution in [0.2, 0.25) is 0 Å². The zero-order valence-electron chi connectivity index (χ0n) is 12.4. The van der Waals surface area contributed by atoms with Crippen molar-refractivity contribution >= 4 is 22.9 Å². The number of nitrogens with one attached hydrogen (secondary N) is 1. The van der Waals surface area contributed by atoms with Gasteiger partial charge in [-0.05, 0) is 48.7 Å². The van der Waals surface area contributed by atoms with Gasteiger partial charge in [0.15, 0.2) is 0 Å². The molecule has 2 aromatic heterocycles. The first kappa shape index (κ1) is 14.5. The number of rotatable bonds is 3. The highest BCUT2D eigenvalue weighted by atomic mass is 32.1. The number of carbonyl (C=O) groups is 1. The molecule has 0 aromatic carbocycles. The molecule has 5 heteroatoms. The van der Waals surface area contributed by atoms with E-state index in [4.69, 9.17) is 0 Å². The molecular weight excluding hydrogens is 296 g/mol. The molecule has 0 amide bonds. The summed E-state index contributed by atoms with van der Waals surface area (Å²) >= 11 is 1.55. The molecule has 112 valence electrons. The van der Waals surface area contributed by atoms with Crippen molar-refractivity contribution in [1.82, 2.24) is 10.3 Å². The van der Waals surface area contributed by atoms with E-state index in [0.717, 1.165) is 22.5 Å². The average Bonchev–Trinajstić information content (AvgIpc) is 3.00. The van der Waals surface area contributed by atoms with Gasteiger partial charge in [0.1, 0.15) is 0 Å². The van der Waals surface area contributed by atoms with Crippen molar-refractivity contribution in [2.24, 2.45) is 0 Å². The predicted molar refractivity (Wildman–Crippen MR) is 88.6 cm³/mol. The topological polar surface area (TPSA) is 62.2 Å². The maximum absolute atomic E-state index is 11.9. The first-order valence-corrected chi connectivity index (χ1v) is 7.91. The van der Waals surface area contributed by atoms with Gasteiger partial charge in [-0.1, -0.05) is 6.08 Å². The highest BCUT2D eigenvalue weighted by Crippen LogP contribution is 2.33. The van der Waals surface area contributed by atoms with Crippen LogP contribution < -0.4 is 5.32 Å². The van der Waals surface area contributed by atoms with E-state index < -0.39 is 5.97 Å². The quantitative estimate of drug-likeness (QED) is 0.894. The second-order valence-corrected chi connectivity index (χ2v) is 6.00. The Morgan fingerprint density at radius 3 is 2.82 bits per heavy atom. The number of allylic oxidation sites excluding steroid dienone is 4. The first-order chi connectivity index (χ1) is 10.6. The minimum atomic E-state index is -0.948. The van der Waals surface area contributed by atoms with Crippen LogP contribution in [0.5, 0.6) is 0 Å². The highest BCUT2D eigenvalue weighted by molar-refractivity contribution is 7.08. The number of hydrogen-bond acceptors (Lipinski definition) is 4. The van der Waals surface area contributed by atoms with Crippen molar-refractivity contribution in [3.05, 3.63) is 57.8 Å². The zero-order chi connectivity index (χ0) is 15.7. The van der Waals surface area contributed by atoms with Gasteiger partial charge in [0.05, 0.1) is 11.3 Å². The van der Waals surface area contributed by atoms with Crippen LogP contribution in [0.4, 0.5) is 0 Å². The lowest BCUT2D eigenvalue weighted by Crippen LogP contribution is -2.16. The smallest absolute Gasteiger partial charge is 0.338 e. The van der Waals surface area contributed by atoms with E-state index in [2.05, 4.69) is 10.3 Å². The standard InChI is InChI=1S/C17H16N2O2S/c1-10-3-4-13(11(2)19-10)16-15(17(20)21)14(5-7-18-16)12-6-8-22-9-12/h3,5-9,19H,4H2,1-2H3,(H,20,21). The number of dihydropyridines is 1. The third-order valence-electron chi connectivity index (χ3n) is 3.73. The van der Waals surface area contributed by atoms with Crippen LogP contribution in [0.25, 0.3) is 16.7 Å². The summed E-state index contributed by atoms with van der Waals surface area (Å²) in [6.07, 6.45) is 4.41. The predicted octanol–water partition coefficient (Wildman–Crippen LogP) is 4.14. The molecule has 0 unspecified atom stereocenters. The molecule has 0 bridgehead atoms. The molecule has 0 saturated heterocycles. The average molecular weight is 312 g/mol. The summed E-state index contributed by atoms with van der Waals surface area (Å²) in [7, 11) is 0. The summed E-state index contributed by atoms with van der Waals surface area (Å²) in [6.45, 7) is 3.95. The molecule has 0 aliphatic carbocycles. The number of carboxylic acid groups (broad SMARTS) is 1. The molecule has 0 saturated carbocycles. The van der Waals surface area contributed by atoms with Gasteiger partial charge in [-0.25, -0.2) is 4.79 Å². The van der Waals surface area contributed by atoms with Crippen LogP contribution in [0.3, 0.4) is 0 Å². The van der Waals surface area contributed by atoms with Crippen LogP contribution in [-0.4, -0.2) is 16.1 Å². The monoisotopic (exact) mass is 312 g/mol. The van der Waals surface area contributed by atoms with Crippen molar-refractivity contribution in [3.8, 4) is 11.1 Å². The second kappa shape index (κ2) is 5.77. The third-order valence-corrected chi connectivity index (χ3v) is 4.42. The van der Waals surface area contributed by atoms with Gasteiger partial charge in [-0.15, -0.1) is 0 Å². The minimum absolute atomic E-state index is 0.269. The van der Waals surface area contributed by atoms with Crippen molar-refractivity contribution in [2.75, 3.05) is 0 Å². The summed E-state index contributed by atoms with van der Waals surface area (Å²) in [5.41, 5.74) is 5.41. The molecule has 1 aliphatic heterocycles. The van der Waals surface area contributed by atoms with Crippen molar-refractivity contribution in [3.63, 3.8) is 0 Å². The van der Waals surface area contributed by atoms with Gasteiger partial charge < -0.3 is 10.4 Å². The Labute approximate surface area is 132 Å².